The van der Waals surface area contributed by atoms with Crippen LogP contribution in [-0.4, -0.2) is 20.1 Å². The molecule has 0 radical (unpaired) electrons. The van der Waals surface area contributed by atoms with Crippen molar-refractivity contribution in [1.29, 1.82) is 0 Å². The van der Waals surface area contributed by atoms with Gasteiger partial charge in [-0.1, -0.05) is 18.5 Å². The zero-order valence-corrected chi connectivity index (χ0v) is 10.6. The summed E-state index contributed by atoms with van der Waals surface area (Å²) in [5.41, 5.74) is -0.181. The Morgan fingerprint density at radius 1 is 1.47 bits per heavy atom. The molecule has 3 N–H and O–H groups in total. The second-order valence-electron chi connectivity index (χ2n) is 3.28. The van der Waals surface area contributed by atoms with Crippen molar-refractivity contribution >= 4 is 27.5 Å². The summed E-state index contributed by atoms with van der Waals surface area (Å²) < 4.78 is 40.1. The Bertz CT molecular complexity index is 507. The lowest BCUT2D eigenvalue weighted by Crippen LogP contribution is -2.30. The van der Waals surface area contributed by atoms with Gasteiger partial charge >= 0.3 is 0 Å². The van der Waals surface area contributed by atoms with Crippen molar-refractivity contribution in [2.24, 2.45) is 0 Å². The SMILES string of the molecule is CCCNS(=O)(=O)Nc1cc(Cl)c(F)cc1O. The number of halogens is 2. The van der Waals surface area contributed by atoms with E-state index < -0.39 is 21.8 Å². The van der Waals surface area contributed by atoms with E-state index in [1.165, 1.54) is 0 Å². The van der Waals surface area contributed by atoms with E-state index >= 15 is 0 Å². The second-order valence-corrected chi connectivity index (χ2v) is 5.19. The molecule has 0 fully saturated rings. The van der Waals surface area contributed by atoms with Crippen LogP contribution in [0.4, 0.5) is 10.1 Å². The fourth-order valence-corrected chi connectivity index (χ4v) is 2.20. The van der Waals surface area contributed by atoms with Crippen molar-refractivity contribution in [3.05, 3.63) is 23.0 Å². The van der Waals surface area contributed by atoms with Gasteiger partial charge in [0.15, 0.2) is 0 Å². The minimum atomic E-state index is -3.79. The first kappa shape index (κ1) is 14.0. The number of phenolic OH excluding ortho intramolecular Hbond substituents is 1. The summed E-state index contributed by atoms with van der Waals surface area (Å²) in [5.74, 6) is -1.36. The molecule has 1 aromatic carbocycles. The third-order valence-electron chi connectivity index (χ3n) is 1.83. The summed E-state index contributed by atoms with van der Waals surface area (Å²) in [6.45, 7) is 2.06. The van der Waals surface area contributed by atoms with Crippen molar-refractivity contribution in [1.82, 2.24) is 4.72 Å². The fourth-order valence-electron chi connectivity index (χ4n) is 1.04. The van der Waals surface area contributed by atoms with Crippen LogP contribution >= 0.6 is 11.6 Å². The summed E-state index contributed by atoms with van der Waals surface area (Å²) in [6.07, 6.45) is 0.622. The molecule has 0 aliphatic rings. The Balaban J connectivity index is 2.92. The largest absolute Gasteiger partial charge is 0.506 e. The molecule has 0 atom stereocenters. The topological polar surface area (TPSA) is 78.4 Å². The normalized spacial score (nSPS) is 11.5. The number of aromatic hydroxyl groups is 1. The van der Waals surface area contributed by atoms with E-state index in [0.717, 1.165) is 12.1 Å². The zero-order chi connectivity index (χ0) is 13.1. The molecule has 0 unspecified atom stereocenters. The third kappa shape index (κ3) is 4.03. The molecule has 8 heteroatoms. The molecule has 0 spiro atoms. The van der Waals surface area contributed by atoms with Crippen LogP contribution in [0.15, 0.2) is 12.1 Å². The van der Waals surface area contributed by atoms with Crippen LogP contribution in [-0.2, 0) is 10.2 Å². The van der Waals surface area contributed by atoms with Crippen LogP contribution < -0.4 is 9.44 Å². The molecule has 5 nitrogen and oxygen atoms in total. The van der Waals surface area contributed by atoms with E-state index in [2.05, 4.69) is 4.72 Å². The third-order valence-corrected chi connectivity index (χ3v) is 3.19. The van der Waals surface area contributed by atoms with E-state index in [0.29, 0.717) is 6.42 Å². The van der Waals surface area contributed by atoms with Crippen molar-refractivity contribution in [2.75, 3.05) is 11.3 Å². The molecule has 0 aliphatic heterocycles. The van der Waals surface area contributed by atoms with Gasteiger partial charge in [0.05, 0.1) is 10.7 Å². The highest BCUT2D eigenvalue weighted by molar-refractivity contribution is 7.90. The molecule has 0 aromatic heterocycles. The van der Waals surface area contributed by atoms with Crippen LogP contribution in [0, 0.1) is 5.82 Å². The Morgan fingerprint density at radius 2 is 2.12 bits per heavy atom. The highest BCUT2D eigenvalue weighted by Crippen LogP contribution is 2.29. The van der Waals surface area contributed by atoms with Crippen LogP contribution in [0.1, 0.15) is 13.3 Å². The highest BCUT2D eigenvalue weighted by Gasteiger charge is 2.14. The predicted octanol–water partition coefficient (Wildman–Crippen LogP) is 1.84. The Morgan fingerprint density at radius 3 is 2.71 bits per heavy atom. The average Bonchev–Trinajstić information content (AvgIpc) is 2.23. The average molecular weight is 283 g/mol. The molecule has 0 amide bonds. The molecular weight excluding hydrogens is 271 g/mol. The van der Waals surface area contributed by atoms with E-state index in [1.807, 2.05) is 4.72 Å². The summed E-state index contributed by atoms with van der Waals surface area (Å²) in [5, 5.41) is 9.07. The van der Waals surface area contributed by atoms with Gasteiger partial charge in [0.2, 0.25) is 0 Å². The van der Waals surface area contributed by atoms with Crippen LogP contribution in [0.2, 0.25) is 5.02 Å². The molecule has 0 saturated carbocycles. The van der Waals surface area contributed by atoms with Crippen molar-refractivity contribution < 1.29 is 17.9 Å². The van der Waals surface area contributed by atoms with Crippen molar-refractivity contribution in [3.8, 4) is 5.75 Å². The zero-order valence-electron chi connectivity index (χ0n) is 9.00. The van der Waals surface area contributed by atoms with Crippen molar-refractivity contribution in [3.63, 3.8) is 0 Å². The Labute approximate surface area is 104 Å². The van der Waals surface area contributed by atoms with Crippen LogP contribution in [0.5, 0.6) is 5.75 Å². The van der Waals surface area contributed by atoms with Crippen LogP contribution in [0.3, 0.4) is 0 Å². The first-order valence-electron chi connectivity index (χ1n) is 4.81. The first-order chi connectivity index (χ1) is 7.85. The first-order valence-corrected chi connectivity index (χ1v) is 6.67. The number of anilines is 1. The molecule has 0 saturated heterocycles. The van der Waals surface area contributed by atoms with E-state index in [9.17, 15) is 17.9 Å². The Kier molecular flexibility index (Phi) is 4.55. The lowest BCUT2D eigenvalue weighted by Gasteiger charge is -2.10. The minimum absolute atomic E-state index is 0.181. The number of benzene rings is 1. The maximum absolute atomic E-state index is 12.9. The molecule has 0 heterocycles. The molecule has 17 heavy (non-hydrogen) atoms. The van der Waals surface area contributed by atoms with Crippen molar-refractivity contribution in [2.45, 2.75) is 13.3 Å². The summed E-state index contributed by atoms with van der Waals surface area (Å²) in [7, 11) is -3.79. The molecule has 1 aromatic rings. The lowest BCUT2D eigenvalue weighted by molar-refractivity contribution is 0.471. The summed E-state index contributed by atoms with van der Waals surface area (Å²) >= 11 is 5.48. The van der Waals surface area contributed by atoms with Gasteiger partial charge in [-0.25, -0.2) is 4.39 Å². The summed E-state index contributed by atoms with van der Waals surface area (Å²) in [6, 6.07) is 1.73. The van der Waals surface area contributed by atoms with Crippen LogP contribution in [0.25, 0.3) is 0 Å². The highest BCUT2D eigenvalue weighted by atomic mass is 35.5. The lowest BCUT2D eigenvalue weighted by atomic mass is 10.3. The van der Waals surface area contributed by atoms with Gasteiger partial charge in [-0.3, -0.25) is 4.72 Å². The molecular formula is C9H12ClFN2O3S. The molecule has 1 rings (SSSR count). The molecule has 0 aliphatic carbocycles. The second kappa shape index (κ2) is 5.52. The maximum Gasteiger partial charge on any atom is 0.299 e. The molecule has 0 bridgehead atoms. The van der Waals surface area contributed by atoms with Gasteiger partial charge in [-0.2, -0.15) is 13.1 Å². The van der Waals surface area contributed by atoms with E-state index in [4.69, 9.17) is 11.6 Å². The predicted molar refractivity (Wildman–Crippen MR) is 63.9 cm³/mol. The van der Waals surface area contributed by atoms with Gasteiger partial charge in [0.25, 0.3) is 10.2 Å². The maximum atomic E-state index is 12.9. The van der Waals surface area contributed by atoms with E-state index in [1.54, 1.807) is 6.92 Å². The number of rotatable bonds is 5. The molecule has 96 valence electrons. The quantitative estimate of drug-likeness (QED) is 0.721. The van der Waals surface area contributed by atoms with Gasteiger partial charge < -0.3 is 5.11 Å². The number of hydrogen-bond donors (Lipinski definition) is 3. The van der Waals surface area contributed by atoms with Gasteiger partial charge in [0, 0.05) is 12.6 Å². The standard InChI is InChI=1S/C9H12ClFN2O3S/c1-2-3-12-17(15,16)13-8-4-6(10)7(11)5-9(8)14/h4-5,12-14H,2-3H2,1H3. The van der Waals surface area contributed by atoms with Gasteiger partial charge in [-0.15, -0.1) is 0 Å². The minimum Gasteiger partial charge on any atom is -0.506 e. The van der Waals surface area contributed by atoms with Gasteiger partial charge in [0.1, 0.15) is 11.6 Å². The smallest absolute Gasteiger partial charge is 0.299 e. The number of nitrogens with one attached hydrogen (secondary N) is 2. The Hall–Kier alpha value is -1.05. The monoisotopic (exact) mass is 282 g/mol. The van der Waals surface area contributed by atoms with Gasteiger partial charge in [-0.05, 0) is 12.5 Å². The summed E-state index contributed by atoms with van der Waals surface area (Å²) in [4.78, 5) is 0. The van der Waals surface area contributed by atoms with E-state index in [-0.39, 0.29) is 17.3 Å². The number of phenols is 1. The fraction of sp³-hybridized carbons (Fsp3) is 0.333. The number of hydrogen-bond acceptors (Lipinski definition) is 3.